The number of aromatic nitrogens is 1. The van der Waals surface area contributed by atoms with Crippen LogP contribution in [0.4, 0.5) is 14.9 Å². The Morgan fingerprint density at radius 3 is 2.56 bits per heavy atom. The van der Waals surface area contributed by atoms with Crippen molar-refractivity contribution < 1.29 is 14.0 Å². The highest BCUT2D eigenvalue weighted by molar-refractivity contribution is 6.32. The number of hydrogen-bond acceptors (Lipinski definition) is 2. The van der Waals surface area contributed by atoms with Gasteiger partial charge in [0.2, 0.25) is 0 Å². The molecule has 5 rings (SSSR count). The molecule has 3 amide bonds. The molecule has 5 nitrogen and oxygen atoms in total. The van der Waals surface area contributed by atoms with Gasteiger partial charge in [-0.3, -0.25) is 4.79 Å². The second kappa shape index (κ2) is 7.98. The fourth-order valence-corrected chi connectivity index (χ4v) is 4.06. The average Bonchev–Trinajstić information content (AvgIpc) is 3.26. The molecule has 0 aliphatic carbocycles. The lowest BCUT2D eigenvalue weighted by molar-refractivity contribution is -0.113. The third-order valence-corrected chi connectivity index (χ3v) is 5.60. The minimum Gasteiger partial charge on any atom is -0.342 e. The lowest BCUT2D eigenvalue weighted by Gasteiger charge is -2.11. The summed E-state index contributed by atoms with van der Waals surface area (Å²) < 4.78 is 16.1. The van der Waals surface area contributed by atoms with Gasteiger partial charge in [-0.05, 0) is 36.4 Å². The van der Waals surface area contributed by atoms with Crippen molar-refractivity contribution in [1.29, 1.82) is 0 Å². The first-order valence-electron chi connectivity index (χ1n) is 9.95. The number of nitrogens with zero attached hydrogens (tertiary/aromatic N) is 2. The molecule has 0 atom stereocenters. The Hall–Kier alpha value is -3.90. The van der Waals surface area contributed by atoms with Gasteiger partial charge in [0.15, 0.2) is 0 Å². The van der Waals surface area contributed by atoms with Crippen LogP contribution in [0, 0.1) is 5.82 Å². The van der Waals surface area contributed by atoms with Crippen molar-refractivity contribution >= 4 is 46.2 Å². The van der Waals surface area contributed by atoms with E-state index in [1.165, 1.54) is 6.07 Å². The van der Waals surface area contributed by atoms with Crippen LogP contribution < -0.4 is 10.2 Å². The van der Waals surface area contributed by atoms with E-state index in [9.17, 15) is 14.0 Å². The minimum absolute atomic E-state index is 0.156. The molecule has 4 aromatic rings. The molecule has 1 aliphatic rings. The van der Waals surface area contributed by atoms with Gasteiger partial charge in [0.1, 0.15) is 11.5 Å². The molecule has 1 fully saturated rings. The number of urea groups is 1. The maximum absolute atomic E-state index is 14.2. The zero-order valence-corrected chi connectivity index (χ0v) is 17.5. The third-order valence-electron chi connectivity index (χ3n) is 5.36. The molecular weight excluding hydrogens is 429 g/mol. The quantitative estimate of drug-likeness (QED) is 0.329. The van der Waals surface area contributed by atoms with Gasteiger partial charge >= 0.3 is 6.03 Å². The lowest BCUT2D eigenvalue weighted by Crippen LogP contribution is -2.30. The normalized spacial score (nSPS) is 15.1. The Bertz CT molecular complexity index is 1410. The highest BCUT2D eigenvalue weighted by Gasteiger charge is 2.35. The minimum atomic E-state index is -0.543. The fraction of sp³-hybridized carbons (Fsp3) is 0.0400. The molecule has 1 aromatic heterocycles. The summed E-state index contributed by atoms with van der Waals surface area (Å²) in [6.07, 6.45) is 3.50. The van der Waals surface area contributed by atoms with Gasteiger partial charge in [0, 0.05) is 33.2 Å². The van der Waals surface area contributed by atoms with Gasteiger partial charge in [-0.25, -0.2) is 14.1 Å². The van der Waals surface area contributed by atoms with Gasteiger partial charge in [-0.1, -0.05) is 54.1 Å². The first-order chi connectivity index (χ1) is 15.5. The van der Waals surface area contributed by atoms with Crippen LogP contribution in [-0.4, -0.2) is 16.5 Å². The predicted octanol–water partition coefficient (Wildman–Crippen LogP) is 5.58. The van der Waals surface area contributed by atoms with Crippen molar-refractivity contribution in [2.75, 3.05) is 4.90 Å². The van der Waals surface area contributed by atoms with E-state index in [-0.39, 0.29) is 11.5 Å². The fourth-order valence-electron chi connectivity index (χ4n) is 3.87. The van der Waals surface area contributed by atoms with E-state index < -0.39 is 11.9 Å². The zero-order valence-electron chi connectivity index (χ0n) is 16.8. The van der Waals surface area contributed by atoms with E-state index in [0.29, 0.717) is 22.8 Å². The van der Waals surface area contributed by atoms with E-state index >= 15 is 0 Å². The van der Waals surface area contributed by atoms with Crippen LogP contribution in [0.2, 0.25) is 5.02 Å². The number of nitrogens with one attached hydrogen (secondary N) is 1. The first kappa shape index (κ1) is 20.0. The van der Waals surface area contributed by atoms with Crippen LogP contribution in [-0.2, 0) is 11.3 Å². The summed E-state index contributed by atoms with van der Waals surface area (Å²) in [6, 6.07) is 20.3. The molecule has 7 heteroatoms. The summed E-state index contributed by atoms with van der Waals surface area (Å²) >= 11 is 6.02. The summed E-state index contributed by atoms with van der Waals surface area (Å²) in [4.78, 5) is 26.5. The van der Waals surface area contributed by atoms with Crippen LogP contribution >= 0.6 is 11.6 Å². The monoisotopic (exact) mass is 445 g/mol. The van der Waals surface area contributed by atoms with Crippen LogP contribution in [0.1, 0.15) is 11.1 Å². The van der Waals surface area contributed by atoms with E-state index in [1.807, 2.05) is 35.0 Å². The highest BCUT2D eigenvalue weighted by atomic mass is 35.5. The number of amides is 3. The van der Waals surface area contributed by atoms with Crippen LogP contribution in [0.15, 0.2) is 84.7 Å². The zero-order chi connectivity index (χ0) is 22.2. The number of para-hydroxylation sites is 1. The molecule has 0 radical (unpaired) electrons. The Morgan fingerprint density at radius 2 is 1.75 bits per heavy atom. The Balaban J connectivity index is 1.53. The van der Waals surface area contributed by atoms with Gasteiger partial charge in [0.05, 0.1) is 12.2 Å². The summed E-state index contributed by atoms with van der Waals surface area (Å²) in [5.74, 6) is -0.746. The molecular formula is C25H17ClFN3O2. The van der Waals surface area contributed by atoms with E-state index in [1.54, 1.807) is 48.5 Å². The van der Waals surface area contributed by atoms with Crippen LogP contribution in [0.25, 0.3) is 17.0 Å². The van der Waals surface area contributed by atoms with Crippen molar-refractivity contribution in [3.63, 3.8) is 0 Å². The molecule has 32 heavy (non-hydrogen) atoms. The van der Waals surface area contributed by atoms with Crippen molar-refractivity contribution in [3.05, 3.63) is 107 Å². The summed E-state index contributed by atoms with van der Waals surface area (Å²) in [7, 11) is 0. The molecule has 2 heterocycles. The second-order valence-electron chi connectivity index (χ2n) is 7.43. The lowest BCUT2D eigenvalue weighted by atomic mass is 10.1. The molecule has 0 saturated carbocycles. The van der Waals surface area contributed by atoms with Gasteiger partial charge in [-0.2, -0.15) is 0 Å². The Kier molecular flexibility index (Phi) is 4.99. The number of halogens is 2. The van der Waals surface area contributed by atoms with E-state index in [4.69, 9.17) is 11.6 Å². The first-order valence-corrected chi connectivity index (χ1v) is 10.3. The molecule has 0 spiro atoms. The van der Waals surface area contributed by atoms with E-state index in [2.05, 4.69) is 5.32 Å². The molecule has 0 unspecified atom stereocenters. The van der Waals surface area contributed by atoms with E-state index in [0.717, 1.165) is 21.4 Å². The van der Waals surface area contributed by atoms with Crippen molar-refractivity contribution in [3.8, 4) is 0 Å². The van der Waals surface area contributed by atoms with Gasteiger partial charge in [-0.15, -0.1) is 0 Å². The summed E-state index contributed by atoms with van der Waals surface area (Å²) in [5.41, 5.74) is 2.75. The average molecular weight is 446 g/mol. The maximum Gasteiger partial charge on any atom is 0.333 e. The molecule has 3 aromatic carbocycles. The number of hydrogen-bond donors (Lipinski definition) is 1. The molecule has 158 valence electrons. The molecule has 0 bridgehead atoms. The largest absolute Gasteiger partial charge is 0.342 e. The number of anilines is 1. The topological polar surface area (TPSA) is 54.3 Å². The predicted molar refractivity (Wildman–Crippen MR) is 123 cm³/mol. The smallest absolute Gasteiger partial charge is 0.333 e. The number of carbonyl (C=O) groups is 2. The van der Waals surface area contributed by atoms with Gasteiger partial charge < -0.3 is 9.88 Å². The molecule has 1 aliphatic heterocycles. The highest BCUT2D eigenvalue weighted by Crippen LogP contribution is 2.28. The number of fused-ring (bicyclic) bond motifs is 1. The Morgan fingerprint density at radius 1 is 0.969 bits per heavy atom. The number of rotatable bonds is 4. The Labute approximate surface area is 188 Å². The summed E-state index contributed by atoms with van der Waals surface area (Å²) in [5, 5.41) is 3.96. The van der Waals surface area contributed by atoms with Crippen molar-refractivity contribution in [1.82, 2.24) is 9.88 Å². The third kappa shape index (κ3) is 3.55. The maximum atomic E-state index is 14.2. The van der Waals surface area contributed by atoms with Gasteiger partial charge in [0.25, 0.3) is 5.91 Å². The number of benzene rings is 3. The van der Waals surface area contributed by atoms with Crippen LogP contribution in [0.3, 0.4) is 0 Å². The second-order valence-corrected chi connectivity index (χ2v) is 7.87. The molecule has 1 N–H and O–H groups in total. The molecule has 1 saturated heterocycles. The summed E-state index contributed by atoms with van der Waals surface area (Å²) in [6.45, 7) is 0.339. The number of carbonyl (C=O) groups excluding carboxylic acids is 2. The van der Waals surface area contributed by atoms with Crippen molar-refractivity contribution in [2.24, 2.45) is 0 Å². The van der Waals surface area contributed by atoms with Crippen molar-refractivity contribution in [2.45, 2.75) is 6.54 Å². The standard InChI is InChI=1S/C25H17ClFN3O2/c26-18-7-5-8-19(13-18)30-24(31)22(28-25(30)32)12-17-15-29(23-11-4-2-9-20(17)23)14-16-6-1-3-10-21(16)27/h1-13,15H,14H2,(H,28,32)/b22-12+. The SMILES string of the molecule is O=C1N/C(=C/c2cn(Cc3ccccc3F)c3ccccc23)C(=O)N1c1cccc(Cl)c1. The number of imide groups is 1. The van der Waals surface area contributed by atoms with Crippen LogP contribution in [0.5, 0.6) is 0 Å².